The smallest absolute Gasteiger partial charge is 0.278 e. The van der Waals surface area contributed by atoms with Crippen LogP contribution in [-0.2, 0) is 6.42 Å². The summed E-state index contributed by atoms with van der Waals surface area (Å²) in [6, 6.07) is 8.28. The maximum Gasteiger partial charge on any atom is 0.278 e. The van der Waals surface area contributed by atoms with Gasteiger partial charge in [0.15, 0.2) is 5.69 Å². The summed E-state index contributed by atoms with van der Waals surface area (Å²) < 4.78 is 3.00. The molecule has 0 saturated carbocycles. The van der Waals surface area contributed by atoms with Crippen LogP contribution in [0.4, 0.5) is 5.69 Å². The predicted molar refractivity (Wildman–Crippen MR) is 92.9 cm³/mol. The molecule has 1 atom stereocenters. The number of hydrogen-bond donors (Lipinski definition) is 1. The van der Waals surface area contributed by atoms with Crippen LogP contribution in [0.25, 0.3) is 0 Å². The highest BCUT2D eigenvalue weighted by atomic mass is 79.9. The first kappa shape index (κ1) is 14.9. The Morgan fingerprint density at radius 3 is 3.09 bits per heavy atom. The van der Waals surface area contributed by atoms with Crippen molar-refractivity contribution in [1.29, 1.82) is 0 Å². The largest absolute Gasteiger partial charge is 0.315 e. The maximum atomic E-state index is 12.8. The highest BCUT2D eigenvalue weighted by molar-refractivity contribution is 9.10. The zero-order valence-corrected chi connectivity index (χ0v) is 14.4. The maximum absolute atomic E-state index is 12.8. The summed E-state index contributed by atoms with van der Waals surface area (Å²) in [7, 11) is 0. The molecule has 1 N–H and O–H groups in total. The second kappa shape index (κ2) is 6.09. The van der Waals surface area contributed by atoms with Gasteiger partial charge in [0.2, 0.25) is 0 Å². The molecule has 1 fully saturated rings. The van der Waals surface area contributed by atoms with E-state index in [1.54, 1.807) is 0 Å². The van der Waals surface area contributed by atoms with Gasteiger partial charge in [-0.1, -0.05) is 15.9 Å². The molecule has 5 nitrogen and oxygen atoms in total. The molecule has 6 heteroatoms. The molecule has 0 bridgehead atoms. The van der Waals surface area contributed by atoms with E-state index in [4.69, 9.17) is 0 Å². The number of carbonyl (C=O) groups excluding carboxylic acids is 1. The molecule has 0 radical (unpaired) electrons. The van der Waals surface area contributed by atoms with E-state index in [-0.39, 0.29) is 5.91 Å². The van der Waals surface area contributed by atoms with Gasteiger partial charge in [0.1, 0.15) is 0 Å². The van der Waals surface area contributed by atoms with Crippen LogP contribution in [0, 0.1) is 0 Å². The first-order valence-electron chi connectivity index (χ1n) is 8.08. The zero-order chi connectivity index (χ0) is 15.8. The molecule has 2 aliphatic rings. The lowest BCUT2D eigenvalue weighted by Crippen LogP contribution is -2.32. The fraction of sp³-hybridized carbons (Fsp3) is 0.412. The highest BCUT2D eigenvalue weighted by Gasteiger charge is 2.27. The number of carbonyl (C=O) groups is 1. The van der Waals surface area contributed by atoms with E-state index in [2.05, 4.69) is 32.4 Å². The first-order valence-corrected chi connectivity index (χ1v) is 8.88. The van der Waals surface area contributed by atoms with Crippen molar-refractivity contribution in [3.8, 4) is 0 Å². The average molecular weight is 375 g/mol. The van der Waals surface area contributed by atoms with E-state index in [0.717, 1.165) is 49.1 Å². The van der Waals surface area contributed by atoms with Gasteiger partial charge in [-0.25, -0.2) is 0 Å². The number of halogens is 1. The summed E-state index contributed by atoms with van der Waals surface area (Å²) in [5.74, 6) is -0.00593. The van der Waals surface area contributed by atoms with Gasteiger partial charge in [0, 0.05) is 29.4 Å². The number of anilines is 1. The van der Waals surface area contributed by atoms with E-state index in [1.807, 2.05) is 34.0 Å². The van der Waals surface area contributed by atoms with E-state index >= 15 is 0 Å². The number of fused-ring (bicyclic) bond motifs is 1. The minimum absolute atomic E-state index is 0.00593. The Morgan fingerprint density at radius 1 is 1.35 bits per heavy atom. The summed E-state index contributed by atoms with van der Waals surface area (Å²) in [6.45, 7) is 2.72. The summed E-state index contributed by atoms with van der Waals surface area (Å²) in [5, 5.41) is 7.93. The van der Waals surface area contributed by atoms with E-state index in [0.29, 0.717) is 11.7 Å². The molecule has 3 heterocycles. The summed E-state index contributed by atoms with van der Waals surface area (Å²) >= 11 is 3.49. The Morgan fingerprint density at radius 2 is 2.26 bits per heavy atom. The Kier molecular flexibility index (Phi) is 3.95. The van der Waals surface area contributed by atoms with Crippen LogP contribution in [0.2, 0.25) is 0 Å². The predicted octanol–water partition coefficient (Wildman–Crippen LogP) is 2.77. The van der Waals surface area contributed by atoms with Gasteiger partial charge in [0.25, 0.3) is 5.91 Å². The van der Waals surface area contributed by atoms with Crippen molar-refractivity contribution in [1.82, 2.24) is 15.1 Å². The van der Waals surface area contributed by atoms with Gasteiger partial charge in [0.05, 0.1) is 6.04 Å². The second-order valence-corrected chi connectivity index (χ2v) is 7.08. The quantitative estimate of drug-likeness (QED) is 0.878. The van der Waals surface area contributed by atoms with Crippen LogP contribution in [-0.4, -0.2) is 35.3 Å². The number of amides is 1. The number of nitrogens with one attached hydrogen (secondary N) is 1. The Labute approximate surface area is 143 Å². The minimum atomic E-state index is -0.00593. The standard InChI is InChI=1S/C17H19BrN4O/c18-13-3-4-16-12(10-13)5-8-21(16)17(23)15-6-9-22(20-15)14-2-1-7-19-11-14/h3-4,6,9-10,14,19H,1-2,5,7-8,11H2. The first-order chi connectivity index (χ1) is 11.2. The van der Waals surface area contributed by atoms with Crippen molar-refractivity contribution < 1.29 is 4.79 Å². The van der Waals surface area contributed by atoms with Crippen LogP contribution >= 0.6 is 15.9 Å². The third kappa shape index (κ3) is 2.81. The average Bonchev–Trinajstić information content (AvgIpc) is 3.22. The molecule has 1 unspecified atom stereocenters. The molecule has 2 aromatic rings. The molecule has 0 spiro atoms. The molecule has 1 amide bonds. The molecule has 0 aliphatic carbocycles. The Hall–Kier alpha value is -1.66. The minimum Gasteiger partial charge on any atom is -0.315 e. The third-order valence-corrected chi connectivity index (χ3v) is 5.15. The van der Waals surface area contributed by atoms with Crippen LogP contribution in [0.15, 0.2) is 34.9 Å². The molecule has 23 heavy (non-hydrogen) atoms. The van der Waals surface area contributed by atoms with Crippen molar-refractivity contribution in [2.24, 2.45) is 0 Å². The topological polar surface area (TPSA) is 50.2 Å². The fourth-order valence-electron chi connectivity index (χ4n) is 3.43. The number of hydrogen-bond acceptors (Lipinski definition) is 3. The number of rotatable bonds is 2. The number of benzene rings is 1. The second-order valence-electron chi connectivity index (χ2n) is 6.16. The van der Waals surface area contributed by atoms with Gasteiger partial charge in [-0.05, 0) is 55.6 Å². The van der Waals surface area contributed by atoms with Gasteiger partial charge < -0.3 is 10.2 Å². The lowest BCUT2D eigenvalue weighted by atomic mass is 10.1. The molecule has 120 valence electrons. The van der Waals surface area contributed by atoms with Gasteiger partial charge >= 0.3 is 0 Å². The summed E-state index contributed by atoms with van der Waals surface area (Å²) in [4.78, 5) is 14.7. The summed E-state index contributed by atoms with van der Waals surface area (Å²) in [5.41, 5.74) is 2.75. The van der Waals surface area contributed by atoms with Gasteiger partial charge in [-0.15, -0.1) is 0 Å². The molecular formula is C17H19BrN4O. The molecule has 1 aromatic heterocycles. The van der Waals surface area contributed by atoms with Crippen molar-refractivity contribution in [3.05, 3.63) is 46.2 Å². The van der Waals surface area contributed by atoms with Crippen LogP contribution < -0.4 is 10.2 Å². The van der Waals surface area contributed by atoms with Crippen LogP contribution in [0.1, 0.15) is 34.9 Å². The van der Waals surface area contributed by atoms with E-state index < -0.39 is 0 Å². The fourth-order valence-corrected chi connectivity index (χ4v) is 3.84. The molecule has 1 aromatic carbocycles. The van der Waals surface area contributed by atoms with Gasteiger partial charge in [-0.2, -0.15) is 5.10 Å². The zero-order valence-electron chi connectivity index (χ0n) is 12.8. The monoisotopic (exact) mass is 374 g/mol. The van der Waals surface area contributed by atoms with Gasteiger partial charge in [-0.3, -0.25) is 9.48 Å². The number of aromatic nitrogens is 2. The Bertz CT molecular complexity index is 736. The van der Waals surface area contributed by atoms with E-state index in [1.165, 1.54) is 5.56 Å². The SMILES string of the molecule is O=C(c1ccn(C2CCCNC2)n1)N1CCc2cc(Br)ccc21. The third-order valence-electron chi connectivity index (χ3n) is 4.65. The lowest BCUT2D eigenvalue weighted by Gasteiger charge is -2.23. The molecule has 4 rings (SSSR count). The molecule has 2 aliphatic heterocycles. The summed E-state index contributed by atoms with van der Waals surface area (Å²) in [6.07, 6.45) is 5.10. The van der Waals surface area contributed by atoms with E-state index in [9.17, 15) is 4.79 Å². The van der Waals surface area contributed by atoms with Crippen molar-refractivity contribution in [3.63, 3.8) is 0 Å². The van der Waals surface area contributed by atoms with Crippen LogP contribution in [0.5, 0.6) is 0 Å². The molecule has 1 saturated heterocycles. The normalized spacial score (nSPS) is 20.6. The molecular weight excluding hydrogens is 356 g/mol. The lowest BCUT2D eigenvalue weighted by molar-refractivity contribution is 0.0983. The number of nitrogens with zero attached hydrogens (tertiary/aromatic N) is 3. The van der Waals surface area contributed by atoms with Crippen LogP contribution in [0.3, 0.4) is 0 Å². The van der Waals surface area contributed by atoms with Crippen molar-refractivity contribution >= 4 is 27.5 Å². The Balaban J connectivity index is 1.55. The van der Waals surface area contributed by atoms with Crippen molar-refractivity contribution in [2.75, 3.05) is 24.5 Å². The highest BCUT2D eigenvalue weighted by Crippen LogP contribution is 2.31. The van der Waals surface area contributed by atoms with Crippen molar-refractivity contribution in [2.45, 2.75) is 25.3 Å². The number of piperidine rings is 1.